The summed E-state index contributed by atoms with van der Waals surface area (Å²) in [5.41, 5.74) is 0.833. The van der Waals surface area contributed by atoms with Crippen molar-refractivity contribution < 1.29 is 24.2 Å². The molecule has 0 radical (unpaired) electrons. The Kier molecular flexibility index (Phi) is 9.33. The van der Waals surface area contributed by atoms with E-state index in [1.54, 1.807) is 0 Å². The smallest absolute Gasteiger partial charge is 0.408 e. The maximum absolute atomic E-state index is 12.6. The van der Waals surface area contributed by atoms with Crippen molar-refractivity contribution in [3.8, 4) is 0 Å². The van der Waals surface area contributed by atoms with Crippen LogP contribution in [-0.4, -0.2) is 35.2 Å². The second-order valence-corrected chi connectivity index (χ2v) is 7.10. The van der Waals surface area contributed by atoms with Crippen LogP contribution >= 0.6 is 0 Å². The molecule has 0 bridgehead atoms. The van der Waals surface area contributed by atoms with Gasteiger partial charge in [-0.25, -0.2) is 9.59 Å². The fourth-order valence-electron chi connectivity index (χ4n) is 2.55. The quantitative estimate of drug-likeness (QED) is 0.581. The number of amides is 2. The van der Waals surface area contributed by atoms with E-state index < -0.39 is 30.1 Å². The molecule has 2 amide bonds. The minimum atomic E-state index is -1.09. The van der Waals surface area contributed by atoms with E-state index in [2.05, 4.69) is 10.6 Å². The zero-order valence-corrected chi connectivity index (χ0v) is 16.4. The highest BCUT2D eigenvalue weighted by molar-refractivity contribution is 5.89. The van der Waals surface area contributed by atoms with Gasteiger partial charge in [-0.3, -0.25) is 4.79 Å². The molecule has 0 saturated heterocycles. The van der Waals surface area contributed by atoms with Gasteiger partial charge in [0, 0.05) is 0 Å². The van der Waals surface area contributed by atoms with Crippen LogP contribution in [-0.2, 0) is 20.9 Å². The Bertz CT molecular complexity index is 618. The number of ether oxygens (including phenoxy) is 1. The molecule has 0 spiro atoms. The highest BCUT2D eigenvalue weighted by Crippen LogP contribution is 2.11. The SMILES string of the molecule is CCC(C)C(NC(=O)OCc1ccccc1)C(=O)NC(CC(C)C)C(=O)O. The van der Waals surface area contributed by atoms with Crippen LogP contribution in [0.3, 0.4) is 0 Å². The number of aliphatic carboxylic acids is 1. The number of alkyl carbamates (subject to hydrolysis) is 1. The number of rotatable bonds is 10. The molecule has 27 heavy (non-hydrogen) atoms. The summed E-state index contributed by atoms with van der Waals surface area (Å²) < 4.78 is 5.17. The van der Waals surface area contributed by atoms with Crippen molar-refractivity contribution >= 4 is 18.0 Å². The maximum atomic E-state index is 12.6. The number of carboxylic acid groups (broad SMARTS) is 1. The predicted molar refractivity (Wildman–Crippen MR) is 102 cm³/mol. The Labute approximate surface area is 160 Å². The monoisotopic (exact) mass is 378 g/mol. The van der Waals surface area contributed by atoms with Crippen LogP contribution in [0.25, 0.3) is 0 Å². The fraction of sp³-hybridized carbons (Fsp3) is 0.550. The molecule has 150 valence electrons. The van der Waals surface area contributed by atoms with Crippen molar-refractivity contribution in [2.45, 2.75) is 59.2 Å². The molecule has 3 N–H and O–H groups in total. The van der Waals surface area contributed by atoms with E-state index in [-0.39, 0.29) is 18.4 Å². The van der Waals surface area contributed by atoms with E-state index in [1.807, 2.05) is 58.0 Å². The van der Waals surface area contributed by atoms with Gasteiger partial charge in [0.15, 0.2) is 0 Å². The van der Waals surface area contributed by atoms with E-state index in [1.165, 1.54) is 0 Å². The zero-order valence-electron chi connectivity index (χ0n) is 16.4. The molecule has 0 fully saturated rings. The van der Waals surface area contributed by atoms with Crippen LogP contribution in [0.4, 0.5) is 4.79 Å². The first kappa shape index (κ1) is 22.5. The largest absolute Gasteiger partial charge is 0.480 e. The lowest BCUT2D eigenvalue weighted by atomic mass is 9.97. The summed E-state index contributed by atoms with van der Waals surface area (Å²) in [7, 11) is 0. The molecule has 1 aromatic rings. The van der Waals surface area contributed by atoms with Crippen LogP contribution in [0.5, 0.6) is 0 Å². The van der Waals surface area contributed by atoms with Gasteiger partial charge < -0.3 is 20.5 Å². The van der Waals surface area contributed by atoms with Crippen LogP contribution in [0.2, 0.25) is 0 Å². The highest BCUT2D eigenvalue weighted by Gasteiger charge is 2.30. The topological polar surface area (TPSA) is 105 Å². The first-order valence-electron chi connectivity index (χ1n) is 9.24. The molecule has 3 unspecified atom stereocenters. The number of nitrogens with one attached hydrogen (secondary N) is 2. The lowest BCUT2D eigenvalue weighted by molar-refractivity contribution is -0.142. The number of hydrogen-bond donors (Lipinski definition) is 3. The zero-order chi connectivity index (χ0) is 20.4. The summed E-state index contributed by atoms with van der Waals surface area (Å²) in [4.78, 5) is 36.1. The minimum Gasteiger partial charge on any atom is -0.480 e. The van der Waals surface area contributed by atoms with Gasteiger partial charge in [-0.2, -0.15) is 0 Å². The molecule has 0 aromatic heterocycles. The van der Waals surface area contributed by atoms with Gasteiger partial charge in [0.05, 0.1) is 0 Å². The second kappa shape index (κ2) is 11.2. The van der Waals surface area contributed by atoms with E-state index in [4.69, 9.17) is 4.74 Å². The normalized spacial score (nSPS) is 14.1. The summed E-state index contributed by atoms with van der Waals surface area (Å²) >= 11 is 0. The summed E-state index contributed by atoms with van der Waals surface area (Å²) in [5, 5.41) is 14.4. The Morgan fingerprint density at radius 1 is 1.07 bits per heavy atom. The fourth-order valence-corrected chi connectivity index (χ4v) is 2.55. The van der Waals surface area contributed by atoms with Crippen molar-refractivity contribution in [3.05, 3.63) is 35.9 Å². The van der Waals surface area contributed by atoms with Gasteiger partial charge in [-0.15, -0.1) is 0 Å². The number of carboxylic acids is 1. The molecule has 1 aromatic carbocycles. The van der Waals surface area contributed by atoms with E-state index >= 15 is 0 Å². The molecule has 3 atom stereocenters. The third-order valence-electron chi connectivity index (χ3n) is 4.30. The Balaban J connectivity index is 2.71. The van der Waals surface area contributed by atoms with Crippen molar-refractivity contribution in [3.63, 3.8) is 0 Å². The Morgan fingerprint density at radius 2 is 1.70 bits per heavy atom. The van der Waals surface area contributed by atoms with Gasteiger partial charge >= 0.3 is 12.1 Å². The lowest BCUT2D eigenvalue weighted by Gasteiger charge is -2.25. The first-order valence-corrected chi connectivity index (χ1v) is 9.24. The second-order valence-electron chi connectivity index (χ2n) is 7.10. The average Bonchev–Trinajstić information content (AvgIpc) is 2.63. The predicted octanol–water partition coefficient (Wildman–Crippen LogP) is 2.94. The summed E-state index contributed by atoms with van der Waals surface area (Å²) in [5.74, 6) is -1.68. The number of benzene rings is 1. The lowest BCUT2D eigenvalue weighted by Crippen LogP contribution is -2.54. The molecule has 7 heteroatoms. The molecule has 0 saturated carbocycles. The molecular weight excluding hydrogens is 348 g/mol. The van der Waals surface area contributed by atoms with Gasteiger partial charge in [0.2, 0.25) is 5.91 Å². The highest BCUT2D eigenvalue weighted by atomic mass is 16.5. The maximum Gasteiger partial charge on any atom is 0.408 e. The van der Waals surface area contributed by atoms with Crippen LogP contribution in [0, 0.1) is 11.8 Å². The van der Waals surface area contributed by atoms with Crippen molar-refractivity contribution in [2.75, 3.05) is 0 Å². The van der Waals surface area contributed by atoms with Crippen LogP contribution in [0.15, 0.2) is 30.3 Å². The first-order chi connectivity index (χ1) is 12.7. The Morgan fingerprint density at radius 3 is 2.22 bits per heavy atom. The molecule has 7 nitrogen and oxygen atoms in total. The summed E-state index contributed by atoms with van der Waals surface area (Å²) in [6, 6.07) is 7.34. The molecule has 0 heterocycles. The summed E-state index contributed by atoms with van der Waals surface area (Å²) in [6.07, 6.45) is 0.237. The van der Waals surface area contributed by atoms with E-state index in [0.29, 0.717) is 12.8 Å². The van der Waals surface area contributed by atoms with Gasteiger partial charge in [0.1, 0.15) is 18.7 Å². The van der Waals surface area contributed by atoms with Crippen molar-refractivity contribution in [1.82, 2.24) is 10.6 Å². The van der Waals surface area contributed by atoms with Crippen molar-refractivity contribution in [1.29, 1.82) is 0 Å². The van der Waals surface area contributed by atoms with E-state index in [0.717, 1.165) is 5.56 Å². The summed E-state index contributed by atoms with van der Waals surface area (Å²) in [6.45, 7) is 7.57. The van der Waals surface area contributed by atoms with Crippen LogP contribution in [0.1, 0.15) is 46.1 Å². The van der Waals surface area contributed by atoms with E-state index in [9.17, 15) is 19.5 Å². The number of carbonyl (C=O) groups is 3. The molecular formula is C20H30N2O5. The van der Waals surface area contributed by atoms with Crippen LogP contribution < -0.4 is 10.6 Å². The number of hydrogen-bond acceptors (Lipinski definition) is 4. The molecule has 0 aliphatic heterocycles. The molecule has 1 rings (SSSR count). The third kappa shape index (κ3) is 8.11. The number of carbonyl (C=O) groups excluding carboxylic acids is 2. The standard InChI is InChI=1S/C20H30N2O5/c1-5-14(4)17(18(23)21-16(19(24)25)11-13(2)3)22-20(26)27-12-15-9-7-6-8-10-15/h6-10,13-14,16-17H,5,11-12H2,1-4H3,(H,21,23)(H,22,26)(H,24,25). The molecule has 0 aliphatic carbocycles. The average molecular weight is 378 g/mol. The van der Waals surface area contributed by atoms with Gasteiger partial charge in [0.25, 0.3) is 0 Å². The van der Waals surface area contributed by atoms with Gasteiger partial charge in [-0.05, 0) is 23.8 Å². The Hall–Kier alpha value is -2.57. The van der Waals surface area contributed by atoms with Gasteiger partial charge in [-0.1, -0.05) is 64.4 Å². The van der Waals surface area contributed by atoms with Crippen molar-refractivity contribution in [2.24, 2.45) is 11.8 Å². The molecule has 0 aliphatic rings. The third-order valence-corrected chi connectivity index (χ3v) is 4.30. The minimum absolute atomic E-state index is 0.0899.